The molecule has 5 aliphatic rings. The van der Waals surface area contributed by atoms with Crippen LogP contribution in [0.3, 0.4) is 0 Å². The summed E-state index contributed by atoms with van der Waals surface area (Å²) in [6.07, 6.45) is -14.7. The van der Waals surface area contributed by atoms with Gasteiger partial charge in [-0.1, -0.05) is 35.4 Å². The number of rotatable bonds is 30. The largest absolute Gasteiger partial charge is 0.490 e. The number of hydrogen-bond acceptors (Lipinski definition) is 37. The fourth-order valence-corrected chi connectivity index (χ4v) is 19.7. The average Bonchev–Trinajstić information content (AvgIpc) is 1.53. The third-order valence-corrected chi connectivity index (χ3v) is 27.1. The molecule has 2 aliphatic carbocycles. The molecule has 1 aromatic carbocycles. The molecule has 60 nitrogen and oxygen atoms in total. The molecule has 6 unspecified atom stereocenters. The second kappa shape index (κ2) is 38.5. The van der Waals surface area contributed by atoms with E-state index in [0.717, 1.165) is 49.0 Å². The molecule has 4 aromatic heterocycles. The number of H-pyrrole nitrogens is 3. The molecule has 0 radical (unpaired) electrons. The van der Waals surface area contributed by atoms with Crippen molar-refractivity contribution in [1.29, 1.82) is 0 Å². The number of fused-ring (bicyclic) bond motifs is 1. The van der Waals surface area contributed by atoms with Gasteiger partial charge in [0, 0.05) is 66.5 Å². The Morgan fingerprint density at radius 3 is 1.41 bits per heavy atom. The van der Waals surface area contributed by atoms with Gasteiger partial charge in [-0.25, -0.2) is 64.8 Å². The van der Waals surface area contributed by atoms with Crippen molar-refractivity contribution in [3.05, 3.63) is 176 Å². The highest BCUT2D eigenvalue weighted by Crippen LogP contribution is 2.68. The van der Waals surface area contributed by atoms with E-state index in [4.69, 9.17) is 68.5 Å². The molecular weight excluding hydrogens is 1900 g/mol. The first-order chi connectivity index (χ1) is 53.2. The number of nitrogens with zero attached hydrogens (tertiary/aromatic N) is 8. The maximum atomic E-state index is 13.1. The van der Waals surface area contributed by atoms with Crippen LogP contribution >= 0.6 is 93.0 Å². The minimum absolute atomic E-state index is 0.0853. The summed E-state index contributed by atoms with van der Waals surface area (Å²) >= 11 is 1.62. The predicted octanol–water partition coefficient (Wildman–Crippen LogP) is -5.29. The van der Waals surface area contributed by atoms with E-state index in [1.54, 1.807) is 52.9 Å². The van der Waals surface area contributed by atoms with E-state index in [9.17, 15) is 130 Å². The summed E-state index contributed by atoms with van der Waals surface area (Å²) in [7, 11) is -46.9. The fourth-order valence-electron chi connectivity index (χ4n) is 11.4. The summed E-state index contributed by atoms with van der Waals surface area (Å²) in [6.45, 7) is -3.39. The van der Waals surface area contributed by atoms with E-state index >= 15 is 0 Å². The number of phosphoric ester groups is 4. The van der Waals surface area contributed by atoms with Gasteiger partial charge in [0.15, 0.2) is 18.7 Å². The standard InChI is InChI=1S/C17H22N2O13P2.C11H16N2O10P2.C9H13IN2O12P2.C9H14N5O14P3/c1-29-15(10-5-3-2-4-6-10)19-12(20)7-8-18(17(19)23)16-14(22)13(21)11(31-16)9-30-34(27,28)32-33(24,25)26;14-8-4-11(13-2-1-9(15)12-10(13)16)3-7(11)6(8)5-22-25(20,21)23-24(17,18)19;10-3-1-12(9(16)11-7(3)15)8-6(14)5(13)4(23-8)2-22-26(20,21)24-25(17,18)19;10-13-12-6-7(16)4(26-8(6)14-2-1-5(15)11-9(14)17)3-25-30(21,22)28-31(23,24)27-29(18,19)20/h2-8,11,13-16,21-22H,9H2,1H3,(H,27,28)(H2,24,25,26);1-2,6-8,14H,3-5H2,(H,20,21)(H,12,15,16)(H2,17,18,19);1,4-6,8,13-14H,2H2,(H,20,21)(H,11,15,16)(H2,17,18,19);1-2,4,6-8,16H,3H2,(H,21,22)(H,23,24)(H,11,15,17)(H2,18,19,20)/t11-,13-,14-,15?,16-;6-,7-,8-,11+;4-,5-,6-,8-;4-,6-,7-,8-/m1011/s1. The number of ether oxygens (including phenoxy) is 4. The van der Waals surface area contributed by atoms with Gasteiger partial charge in [0.25, 0.3) is 22.2 Å². The first-order valence-corrected chi connectivity index (χ1v) is 45.6. The SMILES string of the molecule is COC(c1ccccc1)n1c(=O)ccn([C@@H]2O[C@H](COP(=O)(O)OP(=O)(O)O)[C@@H](O)[C@H]2O)c1=O.O=c1[nH]c(=O)n([C@@H]2O[C@H](COP(=O)(O)OP(=O)(O)O)[C@@H](O)[C@H]2O)cc1I.O=c1ccn([C@]23C[C@H](O)[C@@H](COP(=O)(O)OP(=O)(O)O)[C@@H]2C3)c(=O)[nH]1.[N-]=[N+]=N[C@@H]1[C@H](O)[C@@H](COP(=O)(O)OP(=O)(O)OP(=O)(O)O)O[C@H]1n1ccc(=O)[nH]c1=O. The van der Waals surface area contributed by atoms with E-state index < -0.39 is 239 Å². The van der Waals surface area contributed by atoms with Gasteiger partial charge < -0.3 is 113 Å². The summed E-state index contributed by atoms with van der Waals surface area (Å²) in [5.74, 6) is -0.902. The summed E-state index contributed by atoms with van der Waals surface area (Å²) in [5.41, 5.74) is 2.19. The van der Waals surface area contributed by atoms with Crippen molar-refractivity contribution in [1.82, 2.24) is 37.8 Å². The van der Waals surface area contributed by atoms with Crippen molar-refractivity contribution in [2.45, 2.75) is 104 Å². The molecule has 116 heavy (non-hydrogen) atoms. The zero-order valence-corrected chi connectivity index (χ0v) is 67.3. The van der Waals surface area contributed by atoms with E-state index in [0.29, 0.717) is 12.0 Å². The highest BCUT2D eigenvalue weighted by molar-refractivity contribution is 14.1. The minimum atomic E-state index is -5.76. The minimum Gasteiger partial charge on any atom is -0.393 e. The van der Waals surface area contributed by atoms with Gasteiger partial charge in [0.1, 0.15) is 55.0 Å². The van der Waals surface area contributed by atoms with Crippen molar-refractivity contribution < 1.29 is 194 Å². The van der Waals surface area contributed by atoms with Gasteiger partial charge in [0.05, 0.1) is 47.7 Å². The Morgan fingerprint density at radius 1 is 0.517 bits per heavy atom. The lowest BCUT2D eigenvalue weighted by Gasteiger charge is -2.22. The van der Waals surface area contributed by atoms with Crippen molar-refractivity contribution in [2.24, 2.45) is 17.0 Å². The van der Waals surface area contributed by atoms with Gasteiger partial charge in [0.2, 0.25) is 0 Å². The smallest absolute Gasteiger partial charge is 0.393 e. The van der Waals surface area contributed by atoms with Crippen LogP contribution in [0, 0.1) is 15.4 Å². The van der Waals surface area contributed by atoms with Gasteiger partial charge in [-0.3, -0.25) is 70.5 Å². The summed E-state index contributed by atoms with van der Waals surface area (Å²) < 4.78 is 161. The maximum absolute atomic E-state index is 13.1. The van der Waals surface area contributed by atoms with Gasteiger partial charge >= 0.3 is 93.2 Å². The number of aromatic amines is 3. The van der Waals surface area contributed by atoms with Crippen LogP contribution in [0.4, 0.5) is 0 Å². The third-order valence-electron chi connectivity index (χ3n) is 16.0. The van der Waals surface area contributed by atoms with Crippen LogP contribution in [0.2, 0.25) is 0 Å². The van der Waals surface area contributed by atoms with Crippen LogP contribution in [0.1, 0.15) is 43.3 Å². The molecule has 5 fully saturated rings. The molecule has 70 heteroatoms. The van der Waals surface area contributed by atoms with E-state index in [2.05, 4.69) is 54.7 Å². The van der Waals surface area contributed by atoms with E-state index in [1.165, 1.54) is 23.9 Å². The van der Waals surface area contributed by atoms with Crippen LogP contribution in [0.5, 0.6) is 0 Å². The summed E-state index contributed by atoms with van der Waals surface area (Å²) in [4.78, 5) is 218. The van der Waals surface area contributed by atoms with Crippen molar-refractivity contribution in [2.75, 3.05) is 33.5 Å². The number of phosphoric acid groups is 9. The van der Waals surface area contributed by atoms with Gasteiger partial charge in [-0.2, -0.15) is 21.6 Å². The molecule has 3 aliphatic heterocycles. The molecule has 0 spiro atoms. The number of hydrogen-bond donors (Lipinski definition) is 22. The average molecular weight is 1960 g/mol. The molecule has 10 rings (SSSR count). The number of aromatic nitrogens is 8. The number of methoxy groups -OCH3 is 1. The van der Waals surface area contributed by atoms with E-state index in [1.807, 2.05) is 9.97 Å². The normalized spacial score (nSPS) is 28.7. The number of halogens is 1. The molecule has 5 aromatic rings. The molecule has 650 valence electrons. The third kappa shape index (κ3) is 26.9. The highest BCUT2D eigenvalue weighted by atomic mass is 127. The molecule has 3 saturated heterocycles. The fraction of sp³-hybridized carbons (Fsp3) is 0.522. The maximum Gasteiger partial charge on any atom is 0.490 e. The van der Waals surface area contributed by atoms with Crippen molar-refractivity contribution in [3.63, 3.8) is 0 Å². The van der Waals surface area contributed by atoms with Gasteiger partial charge in [-0.05, 0) is 46.9 Å². The molecule has 0 bridgehead atoms. The molecule has 0 amide bonds. The zero-order chi connectivity index (χ0) is 87.4. The molecule has 7 heterocycles. The second-order valence-corrected chi connectivity index (χ2v) is 38.0. The lowest BCUT2D eigenvalue weighted by molar-refractivity contribution is -0.0560. The Bertz CT molecular complexity index is 5400. The predicted molar refractivity (Wildman–Crippen MR) is 375 cm³/mol. The highest BCUT2D eigenvalue weighted by Gasteiger charge is 2.67. The molecule has 2 saturated carbocycles. The van der Waals surface area contributed by atoms with Crippen LogP contribution in [0.25, 0.3) is 10.4 Å². The first-order valence-electron chi connectivity index (χ1n) is 30.9. The number of aliphatic hydroxyl groups excluding tert-OH is 6. The molecule has 22 atom stereocenters. The Kier molecular flexibility index (Phi) is 32.5. The Balaban J connectivity index is 0.000000215. The van der Waals surface area contributed by atoms with Crippen LogP contribution in [-0.2, 0) is 105 Å². The lowest BCUT2D eigenvalue weighted by atomic mass is 10.0. The Hall–Kier alpha value is -5.23. The number of nitrogens with one attached hydrogen (secondary N) is 3. The number of benzene rings is 1. The Labute approximate surface area is 652 Å². The lowest BCUT2D eigenvalue weighted by Crippen LogP contribution is -2.45. The Morgan fingerprint density at radius 2 is 0.940 bits per heavy atom. The monoisotopic (exact) mass is 1960 g/mol. The van der Waals surface area contributed by atoms with Crippen LogP contribution in [-0.4, -0.2) is 227 Å². The molecule has 22 N–H and O–H groups in total. The van der Waals surface area contributed by atoms with Crippen LogP contribution in [0.15, 0.2) is 117 Å². The van der Waals surface area contributed by atoms with E-state index in [-0.39, 0.29) is 15.9 Å². The second-order valence-electron chi connectivity index (χ2n) is 23.9. The summed E-state index contributed by atoms with van der Waals surface area (Å²) in [6, 6.07) is 9.96. The topological polar surface area (TPSA) is 915 Å². The summed E-state index contributed by atoms with van der Waals surface area (Å²) in [5, 5.41) is 64.2. The number of aliphatic hydroxyl groups is 6. The van der Waals surface area contributed by atoms with Crippen molar-refractivity contribution in [3.8, 4) is 0 Å². The first kappa shape index (κ1) is 97.9. The molecular formula is C46H65IN11O49P9. The van der Waals surface area contributed by atoms with Crippen molar-refractivity contribution >= 4 is 93.0 Å². The number of azide groups is 1. The quantitative estimate of drug-likeness (QED) is 0.00671. The van der Waals surface area contributed by atoms with Crippen LogP contribution < -0.4 is 45.0 Å². The van der Waals surface area contributed by atoms with Gasteiger partial charge in [-0.15, -0.1) is 0 Å². The zero-order valence-electron chi connectivity index (χ0n) is 57.1.